The lowest BCUT2D eigenvalue weighted by Gasteiger charge is -2.31. The molecule has 0 spiro atoms. The summed E-state index contributed by atoms with van der Waals surface area (Å²) in [5.74, 6) is 0.514. The average Bonchev–Trinajstić information content (AvgIpc) is 3.21. The number of halogens is 1. The summed E-state index contributed by atoms with van der Waals surface area (Å²) in [5.41, 5.74) is 8.27. The van der Waals surface area contributed by atoms with Crippen molar-refractivity contribution in [2.24, 2.45) is 16.6 Å². The van der Waals surface area contributed by atoms with Gasteiger partial charge in [-0.1, -0.05) is 51.5 Å². The van der Waals surface area contributed by atoms with Gasteiger partial charge in [0.1, 0.15) is 6.17 Å². The molecule has 0 amide bonds. The molecule has 0 radical (unpaired) electrons. The third-order valence-electron chi connectivity index (χ3n) is 6.28. The SMILES string of the molecule is CCCCCCCCOc1ccc(C(N)/N=C(\C2CCC2)C2CCCN2)cc1F. The number of hydrogen-bond acceptors (Lipinski definition) is 4. The smallest absolute Gasteiger partial charge is 0.165 e. The van der Waals surface area contributed by atoms with E-state index in [-0.39, 0.29) is 5.82 Å². The second kappa shape index (κ2) is 11.7. The van der Waals surface area contributed by atoms with Crippen LogP contribution in [0, 0.1) is 11.7 Å². The third-order valence-corrected chi connectivity index (χ3v) is 6.28. The molecule has 1 aliphatic carbocycles. The lowest BCUT2D eigenvalue weighted by atomic mass is 9.78. The van der Waals surface area contributed by atoms with Gasteiger partial charge >= 0.3 is 0 Å². The lowest BCUT2D eigenvalue weighted by Crippen LogP contribution is -2.39. The Hall–Kier alpha value is -1.46. The van der Waals surface area contributed by atoms with E-state index in [4.69, 9.17) is 15.5 Å². The van der Waals surface area contributed by atoms with Crippen molar-refractivity contribution in [3.05, 3.63) is 29.6 Å². The Bertz CT molecular complexity index is 654. The van der Waals surface area contributed by atoms with E-state index in [2.05, 4.69) is 12.2 Å². The second-order valence-corrected chi connectivity index (χ2v) is 8.58. The van der Waals surface area contributed by atoms with Gasteiger partial charge in [-0.05, 0) is 62.3 Å². The molecule has 5 heteroatoms. The minimum atomic E-state index is -0.518. The van der Waals surface area contributed by atoms with Crippen LogP contribution in [0.1, 0.15) is 89.3 Å². The van der Waals surface area contributed by atoms with Crippen molar-refractivity contribution >= 4 is 5.71 Å². The van der Waals surface area contributed by atoms with Gasteiger partial charge in [0, 0.05) is 11.8 Å². The molecule has 2 fully saturated rings. The van der Waals surface area contributed by atoms with Crippen LogP contribution in [0.25, 0.3) is 0 Å². The first-order chi connectivity index (χ1) is 14.2. The number of nitrogens with one attached hydrogen (secondary N) is 1. The van der Waals surface area contributed by atoms with Crippen LogP contribution in [0.3, 0.4) is 0 Å². The van der Waals surface area contributed by atoms with E-state index in [9.17, 15) is 4.39 Å². The van der Waals surface area contributed by atoms with E-state index in [0.717, 1.165) is 25.8 Å². The molecule has 0 aromatic heterocycles. The van der Waals surface area contributed by atoms with Gasteiger partial charge in [0.25, 0.3) is 0 Å². The minimum Gasteiger partial charge on any atom is -0.491 e. The van der Waals surface area contributed by atoms with E-state index >= 15 is 0 Å². The molecule has 0 bridgehead atoms. The first kappa shape index (κ1) is 22.2. The summed E-state index contributed by atoms with van der Waals surface area (Å²) in [7, 11) is 0. The predicted octanol–water partition coefficient (Wildman–Crippen LogP) is 5.52. The fourth-order valence-corrected chi connectivity index (χ4v) is 4.24. The highest BCUT2D eigenvalue weighted by molar-refractivity contribution is 5.92. The zero-order chi connectivity index (χ0) is 20.5. The summed E-state index contributed by atoms with van der Waals surface area (Å²) in [6.45, 7) is 3.82. The number of aliphatic imine (C=N–C) groups is 1. The molecule has 2 atom stereocenters. The van der Waals surface area contributed by atoms with Crippen molar-refractivity contribution in [3.8, 4) is 5.75 Å². The number of hydrogen-bond donors (Lipinski definition) is 2. The number of benzene rings is 1. The molecule has 1 aliphatic heterocycles. The Morgan fingerprint density at radius 1 is 1.17 bits per heavy atom. The van der Waals surface area contributed by atoms with Crippen LogP contribution in [0.5, 0.6) is 5.75 Å². The quantitative estimate of drug-likeness (QED) is 0.357. The Labute approximate surface area is 175 Å². The molecule has 2 aliphatic rings. The van der Waals surface area contributed by atoms with Gasteiger partial charge < -0.3 is 15.8 Å². The molecule has 1 heterocycles. The zero-order valence-electron chi connectivity index (χ0n) is 18.0. The van der Waals surface area contributed by atoms with Crippen LogP contribution >= 0.6 is 0 Å². The molecule has 162 valence electrons. The number of rotatable bonds is 12. The second-order valence-electron chi connectivity index (χ2n) is 8.58. The molecule has 29 heavy (non-hydrogen) atoms. The van der Waals surface area contributed by atoms with Crippen LogP contribution in [-0.4, -0.2) is 24.9 Å². The standard InChI is InChI=1S/C24H38FN3O/c1-2-3-4-5-6-7-16-29-22-14-13-19(17-20(22)25)24(26)28-23(18-10-8-11-18)21-12-9-15-27-21/h13-14,17-18,21,24,27H,2-12,15-16,26H2,1H3/b28-23+. The van der Waals surface area contributed by atoms with Gasteiger partial charge in [-0.2, -0.15) is 0 Å². The normalized spacial score (nSPS) is 21.2. The van der Waals surface area contributed by atoms with Crippen LogP contribution in [0.2, 0.25) is 0 Å². The monoisotopic (exact) mass is 403 g/mol. The molecule has 3 rings (SSSR count). The van der Waals surface area contributed by atoms with Gasteiger partial charge in [-0.25, -0.2) is 4.39 Å². The van der Waals surface area contributed by atoms with Crippen molar-refractivity contribution in [2.75, 3.05) is 13.2 Å². The first-order valence-electron chi connectivity index (χ1n) is 11.7. The summed E-state index contributed by atoms with van der Waals surface area (Å²) < 4.78 is 20.2. The summed E-state index contributed by atoms with van der Waals surface area (Å²) in [5, 5.41) is 3.55. The van der Waals surface area contributed by atoms with Crippen LogP contribution in [0.15, 0.2) is 23.2 Å². The van der Waals surface area contributed by atoms with E-state index in [1.54, 1.807) is 6.07 Å². The molecule has 3 N–H and O–H groups in total. The zero-order valence-corrected chi connectivity index (χ0v) is 18.0. The van der Waals surface area contributed by atoms with E-state index in [1.165, 1.54) is 63.1 Å². The largest absolute Gasteiger partial charge is 0.491 e. The van der Waals surface area contributed by atoms with E-state index < -0.39 is 6.17 Å². The maximum Gasteiger partial charge on any atom is 0.165 e. The summed E-state index contributed by atoms with van der Waals surface area (Å²) in [4.78, 5) is 4.86. The molecule has 1 aromatic carbocycles. The summed E-state index contributed by atoms with van der Waals surface area (Å²) in [6.07, 6.45) is 12.6. The lowest BCUT2D eigenvalue weighted by molar-refractivity contribution is 0.289. The van der Waals surface area contributed by atoms with Gasteiger partial charge in [0.2, 0.25) is 0 Å². The van der Waals surface area contributed by atoms with Crippen molar-refractivity contribution in [1.29, 1.82) is 0 Å². The Balaban J connectivity index is 1.54. The maximum atomic E-state index is 14.5. The number of ether oxygens (including phenoxy) is 1. The molecule has 1 saturated heterocycles. The number of unbranched alkanes of at least 4 members (excludes halogenated alkanes) is 5. The van der Waals surface area contributed by atoms with Crippen molar-refractivity contribution in [3.63, 3.8) is 0 Å². The minimum absolute atomic E-state index is 0.315. The summed E-state index contributed by atoms with van der Waals surface area (Å²) in [6, 6.07) is 5.39. The van der Waals surface area contributed by atoms with E-state index in [0.29, 0.717) is 29.9 Å². The Morgan fingerprint density at radius 2 is 1.97 bits per heavy atom. The van der Waals surface area contributed by atoms with Crippen molar-refractivity contribution in [1.82, 2.24) is 5.32 Å². The van der Waals surface area contributed by atoms with E-state index in [1.807, 2.05) is 6.07 Å². The third kappa shape index (κ3) is 6.51. The molecular formula is C24H38FN3O. The summed E-state index contributed by atoms with van der Waals surface area (Å²) >= 11 is 0. The fraction of sp³-hybridized carbons (Fsp3) is 0.708. The van der Waals surface area contributed by atoms with Crippen LogP contribution in [0.4, 0.5) is 4.39 Å². The van der Waals surface area contributed by atoms with Crippen LogP contribution < -0.4 is 15.8 Å². The molecule has 4 nitrogen and oxygen atoms in total. The fourth-order valence-electron chi connectivity index (χ4n) is 4.24. The highest BCUT2D eigenvalue weighted by Crippen LogP contribution is 2.32. The molecule has 1 aromatic rings. The Kier molecular flexibility index (Phi) is 8.93. The molecule has 2 unspecified atom stereocenters. The highest BCUT2D eigenvalue weighted by atomic mass is 19.1. The van der Waals surface area contributed by atoms with Gasteiger partial charge in [-0.3, -0.25) is 4.99 Å². The number of nitrogens with zero attached hydrogens (tertiary/aromatic N) is 1. The first-order valence-corrected chi connectivity index (χ1v) is 11.7. The number of nitrogens with two attached hydrogens (primary N) is 1. The predicted molar refractivity (Wildman–Crippen MR) is 118 cm³/mol. The van der Waals surface area contributed by atoms with Gasteiger partial charge in [0.05, 0.1) is 6.61 Å². The van der Waals surface area contributed by atoms with Crippen molar-refractivity contribution < 1.29 is 9.13 Å². The van der Waals surface area contributed by atoms with Crippen LogP contribution in [-0.2, 0) is 0 Å². The van der Waals surface area contributed by atoms with Crippen molar-refractivity contribution in [2.45, 2.75) is 89.8 Å². The van der Waals surface area contributed by atoms with Gasteiger partial charge in [-0.15, -0.1) is 0 Å². The molecule has 1 saturated carbocycles. The topological polar surface area (TPSA) is 59.6 Å². The maximum absolute atomic E-state index is 14.5. The Morgan fingerprint density at radius 3 is 2.62 bits per heavy atom. The highest BCUT2D eigenvalue weighted by Gasteiger charge is 2.31. The molecular weight excluding hydrogens is 365 g/mol. The average molecular weight is 404 g/mol. The van der Waals surface area contributed by atoms with Gasteiger partial charge in [0.15, 0.2) is 11.6 Å².